The lowest BCUT2D eigenvalue weighted by Crippen LogP contribution is -2.09. The van der Waals surface area contributed by atoms with Gasteiger partial charge in [0.2, 0.25) is 0 Å². The molecule has 0 unspecified atom stereocenters. The van der Waals surface area contributed by atoms with Gasteiger partial charge in [0, 0.05) is 19.3 Å². The van der Waals surface area contributed by atoms with Gasteiger partial charge in [0.25, 0.3) is 0 Å². The first-order chi connectivity index (χ1) is 8.88. The fourth-order valence-corrected chi connectivity index (χ4v) is 1.40. The predicted molar refractivity (Wildman–Crippen MR) is 71.0 cm³/mol. The van der Waals surface area contributed by atoms with E-state index in [2.05, 4.69) is 17.2 Å². The predicted octanol–water partition coefficient (Wildman–Crippen LogP) is 1.68. The number of aliphatic hydroxyl groups excluding tert-OH is 1. The topological polar surface area (TPSA) is 63.6 Å². The summed E-state index contributed by atoms with van der Waals surface area (Å²) in [4.78, 5) is 4.25. The van der Waals surface area contributed by atoms with Crippen molar-refractivity contribution in [2.75, 3.05) is 38.3 Å². The number of rotatable bonds is 10. The maximum absolute atomic E-state index is 8.55. The van der Waals surface area contributed by atoms with Gasteiger partial charge in [0.1, 0.15) is 0 Å². The molecule has 0 fully saturated rings. The second-order valence-corrected chi connectivity index (χ2v) is 3.81. The molecule has 0 bridgehead atoms. The van der Waals surface area contributed by atoms with E-state index in [1.165, 1.54) is 0 Å². The van der Waals surface area contributed by atoms with Crippen LogP contribution in [-0.2, 0) is 4.74 Å². The van der Waals surface area contributed by atoms with Gasteiger partial charge in [0.05, 0.1) is 19.8 Å². The van der Waals surface area contributed by atoms with Crippen molar-refractivity contribution in [2.24, 2.45) is 0 Å². The Bertz CT molecular complexity index is 321. The van der Waals surface area contributed by atoms with Gasteiger partial charge < -0.3 is 19.9 Å². The summed E-state index contributed by atoms with van der Waals surface area (Å²) in [6, 6.07) is 3.77. The van der Waals surface area contributed by atoms with Crippen LogP contribution in [0, 0.1) is 0 Å². The van der Waals surface area contributed by atoms with Crippen molar-refractivity contribution in [1.29, 1.82) is 0 Å². The molecule has 0 aliphatic carbocycles. The highest BCUT2D eigenvalue weighted by Crippen LogP contribution is 2.20. The molecule has 102 valence electrons. The first-order valence-electron chi connectivity index (χ1n) is 6.38. The molecule has 18 heavy (non-hydrogen) atoms. The molecule has 0 spiro atoms. The van der Waals surface area contributed by atoms with Crippen LogP contribution in [0.15, 0.2) is 18.3 Å². The van der Waals surface area contributed by atoms with E-state index in [0.717, 1.165) is 31.0 Å². The van der Waals surface area contributed by atoms with Crippen LogP contribution in [0.3, 0.4) is 0 Å². The number of hydrogen-bond donors (Lipinski definition) is 2. The average Bonchev–Trinajstić information content (AvgIpc) is 2.41. The molecule has 1 aromatic rings. The molecule has 0 amide bonds. The fraction of sp³-hybridized carbons (Fsp3) is 0.615. The van der Waals surface area contributed by atoms with Gasteiger partial charge in [-0.2, -0.15) is 0 Å². The van der Waals surface area contributed by atoms with Crippen LogP contribution < -0.4 is 10.1 Å². The summed E-state index contributed by atoms with van der Waals surface area (Å²) in [7, 11) is 0. The highest BCUT2D eigenvalue weighted by atomic mass is 16.5. The van der Waals surface area contributed by atoms with Crippen LogP contribution in [0.25, 0.3) is 0 Å². The lowest BCUT2D eigenvalue weighted by Gasteiger charge is -2.11. The van der Waals surface area contributed by atoms with Gasteiger partial charge in [-0.1, -0.05) is 6.92 Å². The highest BCUT2D eigenvalue weighted by molar-refractivity contribution is 5.49. The Morgan fingerprint density at radius 3 is 3.00 bits per heavy atom. The van der Waals surface area contributed by atoms with E-state index in [1.807, 2.05) is 12.1 Å². The minimum absolute atomic E-state index is 0.0721. The van der Waals surface area contributed by atoms with Crippen molar-refractivity contribution in [3.63, 3.8) is 0 Å². The molecule has 5 heteroatoms. The molecule has 0 radical (unpaired) electrons. The normalized spacial score (nSPS) is 10.3. The largest absolute Gasteiger partial charge is 0.490 e. The molecule has 0 saturated carbocycles. The number of aliphatic hydroxyl groups is 1. The third kappa shape index (κ3) is 5.84. The molecule has 5 nitrogen and oxygen atoms in total. The maximum atomic E-state index is 8.55. The van der Waals surface area contributed by atoms with Crippen LogP contribution in [-0.4, -0.2) is 43.1 Å². The summed E-state index contributed by atoms with van der Waals surface area (Å²) in [6.07, 6.45) is 3.58. The van der Waals surface area contributed by atoms with Gasteiger partial charge >= 0.3 is 0 Å². The highest BCUT2D eigenvalue weighted by Gasteiger charge is 2.02. The zero-order chi connectivity index (χ0) is 13.1. The van der Waals surface area contributed by atoms with E-state index >= 15 is 0 Å². The molecular formula is C13H22N2O3. The Labute approximate surface area is 108 Å². The SMILES string of the molecule is CCCOc1cccnc1NCCCOCCO. The molecule has 2 N–H and O–H groups in total. The number of pyridine rings is 1. The van der Waals surface area contributed by atoms with Crippen molar-refractivity contribution in [2.45, 2.75) is 19.8 Å². The van der Waals surface area contributed by atoms with Gasteiger partial charge in [-0.25, -0.2) is 4.98 Å². The molecule has 0 aliphatic heterocycles. The van der Waals surface area contributed by atoms with Gasteiger partial charge in [-0.15, -0.1) is 0 Å². The summed E-state index contributed by atoms with van der Waals surface area (Å²) >= 11 is 0. The Kier molecular flexibility index (Phi) is 7.92. The minimum Gasteiger partial charge on any atom is -0.490 e. The molecule has 1 heterocycles. The smallest absolute Gasteiger partial charge is 0.168 e. The Morgan fingerprint density at radius 2 is 2.22 bits per heavy atom. The molecule has 0 atom stereocenters. The fourth-order valence-electron chi connectivity index (χ4n) is 1.40. The molecule has 0 saturated heterocycles. The lowest BCUT2D eigenvalue weighted by atomic mass is 10.4. The first-order valence-corrected chi connectivity index (χ1v) is 6.38. The Balaban J connectivity index is 2.27. The van der Waals surface area contributed by atoms with E-state index in [0.29, 0.717) is 19.8 Å². The van der Waals surface area contributed by atoms with E-state index in [9.17, 15) is 0 Å². The van der Waals surface area contributed by atoms with Crippen molar-refractivity contribution >= 4 is 5.82 Å². The molecule has 0 aromatic carbocycles. The third-order valence-corrected chi connectivity index (χ3v) is 2.23. The maximum Gasteiger partial charge on any atom is 0.168 e. The minimum atomic E-state index is 0.0721. The number of anilines is 1. The van der Waals surface area contributed by atoms with E-state index < -0.39 is 0 Å². The zero-order valence-corrected chi connectivity index (χ0v) is 10.9. The summed E-state index contributed by atoms with van der Waals surface area (Å²) in [5.41, 5.74) is 0. The van der Waals surface area contributed by atoms with Crippen LogP contribution in [0.1, 0.15) is 19.8 Å². The van der Waals surface area contributed by atoms with Crippen molar-refractivity contribution in [3.05, 3.63) is 18.3 Å². The van der Waals surface area contributed by atoms with Crippen molar-refractivity contribution in [1.82, 2.24) is 4.98 Å². The van der Waals surface area contributed by atoms with Gasteiger partial charge in [-0.3, -0.25) is 0 Å². The zero-order valence-electron chi connectivity index (χ0n) is 10.9. The summed E-state index contributed by atoms with van der Waals surface area (Å²) in [5, 5.41) is 11.8. The van der Waals surface area contributed by atoms with Gasteiger partial charge in [-0.05, 0) is 25.0 Å². The van der Waals surface area contributed by atoms with Crippen LogP contribution in [0.2, 0.25) is 0 Å². The lowest BCUT2D eigenvalue weighted by molar-refractivity contribution is 0.0921. The summed E-state index contributed by atoms with van der Waals surface area (Å²) in [6.45, 7) is 4.63. The first kappa shape index (κ1) is 14.7. The quantitative estimate of drug-likeness (QED) is 0.622. The standard InChI is InChI=1S/C13H22N2O3/c1-2-9-18-12-5-3-6-14-13(12)15-7-4-10-17-11-8-16/h3,5-6,16H,2,4,7-11H2,1H3,(H,14,15). The number of nitrogens with zero attached hydrogens (tertiary/aromatic N) is 1. The second kappa shape index (κ2) is 9.67. The van der Waals surface area contributed by atoms with Crippen molar-refractivity contribution in [3.8, 4) is 5.75 Å². The van der Waals surface area contributed by atoms with Crippen LogP contribution in [0.5, 0.6) is 5.75 Å². The summed E-state index contributed by atoms with van der Waals surface area (Å²) < 4.78 is 10.8. The average molecular weight is 254 g/mol. The molecule has 1 rings (SSSR count). The number of hydrogen-bond acceptors (Lipinski definition) is 5. The monoisotopic (exact) mass is 254 g/mol. The van der Waals surface area contributed by atoms with E-state index in [4.69, 9.17) is 14.6 Å². The number of nitrogens with one attached hydrogen (secondary N) is 1. The molecule has 0 aliphatic rings. The number of ether oxygens (including phenoxy) is 2. The van der Waals surface area contributed by atoms with Crippen molar-refractivity contribution < 1.29 is 14.6 Å². The van der Waals surface area contributed by atoms with E-state index in [1.54, 1.807) is 6.20 Å². The molecular weight excluding hydrogens is 232 g/mol. The number of aromatic nitrogens is 1. The van der Waals surface area contributed by atoms with E-state index in [-0.39, 0.29) is 6.61 Å². The van der Waals surface area contributed by atoms with Crippen LogP contribution in [0.4, 0.5) is 5.82 Å². The Morgan fingerprint density at radius 1 is 1.33 bits per heavy atom. The Hall–Kier alpha value is -1.33. The summed E-state index contributed by atoms with van der Waals surface area (Å²) in [5.74, 6) is 1.56. The van der Waals surface area contributed by atoms with Gasteiger partial charge in [0.15, 0.2) is 11.6 Å². The van der Waals surface area contributed by atoms with Crippen LogP contribution >= 0.6 is 0 Å². The molecule has 1 aromatic heterocycles. The third-order valence-electron chi connectivity index (χ3n) is 2.23. The second-order valence-electron chi connectivity index (χ2n) is 3.81.